The van der Waals surface area contributed by atoms with Crippen LogP contribution in [0.1, 0.15) is 18.4 Å². The van der Waals surface area contributed by atoms with Crippen molar-refractivity contribution < 1.29 is 23.1 Å². The van der Waals surface area contributed by atoms with Crippen molar-refractivity contribution in [1.82, 2.24) is 0 Å². The van der Waals surface area contributed by atoms with Crippen molar-refractivity contribution in [2.75, 3.05) is 10.8 Å². The second-order valence-corrected chi connectivity index (χ2v) is 10.5. The lowest BCUT2D eigenvalue weighted by molar-refractivity contribution is -0.137. The minimum atomic E-state index is -3.94. The Bertz CT molecular complexity index is 1330. The normalized spacial score (nSPS) is 15.6. The minimum Gasteiger partial charge on any atom is -0.486 e. The maximum absolute atomic E-state index is 13.7. The Morgan fingerprint density at radius 3 is 2.64 bits per heavy atom. The first-order chi connectivity index (χ1) is 15.6. The van der Waals surface area contributed by atoms with Crippen LogP contribution in [0.4, 0.5) is 5.69 Å². The highest BCUT2D eigenvalue weighted by atomic mass is 35.5. The van der Waals surface area contributed by atoms with Crippen molar-refractivity contribution >= 4 is 44.9 Å². The molecule has 1 aliphatic rings. The highest BCUT2D eigenvalue weighted by Gasteiger charge is 2.35. The van der Waals surface area contributed by atoms with Crippen LogP contribution in [0.5, 0.6) is 5.75 Å². The van der Waals surface area contributed by atoms with Crippen LogP contribution < -0.4 is 9.04 Å². The molecule has 6 nitrogen and oxygen atoms in total. The molecule has 0 unspecified atom stereocenters. The van der Waals surface area contributed by atoms with E-state index in [-0.39, 0.29) is 24.3 Å². The molecule has 1 N–H and O–H groups in total. The fourth-order valence-electron chi connectivity index (χ4n) is 3.76. The van der Waals surface area contributed by atoms with Gasteiger partial charge in [0.15, 0.2) is 0 Å². The Kier molecular flexibility index (Phi) is 6.56. The second-order valence-electron chi connectivity index (χ2n) is 7.83. The van der Waals surface area contributed by atoms with Crippen LogP contribution in [0, 0.1) is 6.92 Å². The largest absolute Gasteiger partial charge is 0.486 e. The maximum atomic E-state index is 13.7. The molecular weight excluding hydrogens is 485 g/mol. The number of hydrogen-bond donors (Lipinski definition) is 1. The third-order valence-electron chi connectivity index (χ3n) is 5.39. The Morgan fingerprint density at radius 1 is 1.12 bits per heavy atom. The fourth-order valence-corrected chi connectivity index (χ4v) is 5.77. The third-order valence-corrected chi connectivity index (χ3v) is 7.73. The van der Waals surface area contributed by atoms with E-state index >= 15 is 0 Å². The molecule has 0 bridgehead atoms. The Hall–Kier alpha value is -2.74. The Labute approximate surface area is 202 Å². The molecule has 0 saturated carbocycles. The van der Waals surface area contributed by atoms with E-state index in [1.54, 1.807) is 54.6 Å². The number of fused-ring (bicyclic) bond motifs is 1. The van der Waals surface area contributed by atoms with Gasteiger partial charge in [-0.25, -0.2) is 8.42 Å². The fraction of sp³-hybridized carbons (Fsp3) is 0.208. The number of halogens is 2. The van der Waals surface area contributed by atoms with Gasteiger partial charge in [0.2, 0.25) is 0 Å². The zero-order valence-electron chi connectivity index (χ0n) is 17.7. The number of carboxylic acids is 1. The Balaban J connectivity index is 1.82. The summed E-state index contributed by atoms with van der Waals surface area (Å²) < 4.78 is 34.6. The molecule has 0 fully saturated rings. The number of rotatable bonds is 6. The molecule has 33 heavy (non-hydrogen) atoms. The standard InChI is InChI=1S/C24H21Cl2NO5S/c1-15-3-2-4-19(11-15)33(30,31)27-14-18(7-10-24(28)29)32-23-9-5-16(12-22(23)27)20-13-17(25)6-8-21(20)26/h2-6,8-9,11-13,18H,7,10,14H2,1H3,(H,28,29)/t18-/m0/s1. The molecule has 0 amide bonds. The lowest BCUT2D eigenvalue weighted by Gasteiger charge is -2.35. The van der Waals surface area contributed by atoms with E-state index in [0.29, 0.717) is 32.6 Å². The van der Waals surface area contributed by atoms with Crippen LogP contribution >= 0.6 is 23.2 Å². The lowest BCUT2D eigenvalue weighted by atomic mass is 10.0. The topological polar surface area (TPSA) is 83.9 Å². The number of aliphatic carboxylic acids is 1. The highest BCUT2D eigenvalue weighted by molar-refractivity contribution is 7.92. The summed E-state index contributed by atoms with van der Waals surface area (Å²) in [7, 11) is -3.94. The van der Waals surface area contributed by atoms with Crippen molar-refractivity contribution in [2.24, 2.45) is 0 Å². The van der Waals surface area contributed by atoms with Gasteiger partial charge in [-0.15, -0.1) is 0 Å². The first kappa shape index (κ1) is 23.4. The predicted octanol–water partition coefficient (Wildman–Crippen LogP) is 5.79. The molecule has 9 heteroatoms. The van der Waals surface area contributed by atoms with E-state index in [9.17, 15) is 13.2 Å². The molecule has 1 aliphatic heterocycles. The van der Waals surface area contributed by atoms with Crippen LogP contribution in [0.2, 0.25) is 10.0 Å². The summed E-state index contributed by atoms with van der Waals surface area (Å²) in [5.41, 5.74) is 2.51. The average molecular weight is 506 g/mol. The summed E-state index contributed by atoms with van der Waals surface area (Å²) in [6.07, 6.45) is -0.556. The van der Waals surface area contributed by atoms with Crippen molar-refractivity contribution in [2.45, 2.75) is 30.8 Å². The lowest BCUT2D eigenvalue weighted by Crippen LogP contribution is -2.43. The number of aryl methyl sites for hydroxylation is 1. The number of hydrogen-bond acceptors (Lipinski definition) is 4. The van der Waals surface area contributed by atoms with Gasteiger partial charge in [0.05, 0.1) is 17.1 Å². The van der Waals surface area contributed by atoms with Gasteiger partial charge in [-0.2, -0.15) is 0 Å². The van der Waals surface area contributed by atoms with Gasteiger partial charge in [0, 0.05) is 22.0 Å². The van der Waals surface area contributed by atoms with Crippen LogP contribution in [0.25, 0.3) is 11.1 Å². The van der Waals surface area contributed by atoms with Gasteiger partial charge in [-0.3, -0.25) is 9.10 Å². The minimum absolute atomic E-state index is 0.0106. The van der Waals surface area contributed by atoms with Gasteiger partial charge in [0.25, 0.3) is 10.0 Å². The van der Waals surface area contributed by atoms with E-state index in [1.165, 1.54) is 4.31 Å². The van der Waals surface area contributed by atoms with Crippen molar-refractivity contribution in [3.05, 3.63) is 76.3 Å². The molecule has 1 atom stereocenters. The van der Waals surface area contributed by atoms with Crippen LogP contribution in [-0.4, -0.2) is 32.1 Å². The van der Waals surface area contributed by atoms with Crippen molar-refractivity contribution in [3.8, 4) is 16.9 Å². The van der Waals surface area contributed by atoms with Gasteiger partial charge >= 0.3 is 5.97 Å². The number of carboxylic acid groups (broad SMARTS) is 1. The monoisotopic (exact) mass is 505 g/mol. The zero-order valence-corrected chi connectivity index (χ0v) is 20.0. The SMILES string of the molecule is Cc1cccc(S(=O)(=O)N2C[C@H](CCC(=O)O)Oc3ccc(-c4cc(Cl)ccc4Cl)cc32)c1. The van der Waals surface area contributed by atoms with E-state index < -0.39 is 22.1 Å². The van der Waals surface area contributed by atoms with Gasteiger partial charge < -0.3 is 9.84 Å². The van der Waals surface area contributed by atoms with Crippen LogP contribution in [-0.2, 0) is 14.8 Å². The molecule has 0 aromatic heterocycles. The zero-order chi connectivity index (χ0) is 23.8. The molecule has 172 valence electrons. The molecule has 0 radical (unpaired) electrons. The van der Waals surface area contributed by atoms with E-state index in [0.717, 1.165) is 5.56 Å². The molecule has 1 heterocycles. The molecule has 0 saturated heterocycles. The number of sulfonamides is 1. The number of nitrogens with zero attached hydrogens (tertiary/aromatic N) is 1. The van der Waals surface area contributed by atoms with Gasteiger partial charge in [-0.05, 0) is 66.9 Å². The Morgan fingerprint density at radius 2 is 1.91 bits per heavy atom. The summed E-state index contributed by atoms with van der Waals surface area (Å²) in [6.45, 7) is 1.81. The quantitative estimate of drug-likeness (QED) is 0.458. The summed E-state index contributed by atoms with van der Waals surface area (Å²) in [4.78, 5) is 11.2. The van der Waals surface area contributed by atoms with Crippen molar-refractivity contribution in [1.29, 1.82) is 0 Å². The summed E-state index contributed by atoms with van der Waals surface area (Å²) in [5.74, 6) is -0.613. The molecule has 0 aliphatic carbocycles. The van der Waals surface area contributed by atoms with E-state index in [1.807, 2.05) is 13.0 Å². The number of anilines is 1. The number of carbonyl (C=O) groups is 1. The molecule has 3 aromatic rings. The predicted molar refractivity (Wildman–Crippen MR) is 129 cm³/mol. The summed E-state index contributed by atoms with van der Waals surface area (Å²) in [6, 6.07) is 16.9. The average Bonchev–Trinajstić information content (AvgIpc) is 2.78. The van der Waals surface area contributed by atoms with Gasteiger partial charge in [0.1, 0.15) is 11.9 Å². The van der Waals surface area contributed by atoms with Crippen molar-refractivity contribution in [3.63, 3.8) is 0 Å². The van der Waals surface area contributed by atoms with Gasteiger partial charge in [-0.1, -0.05) is 41.4 Å². The maximum Gasteiger partial charge on any atom is 0.303 e. The molecule has 4 rings (SSSR count). The molecule has 3 aromatic carbocycles. The van der Waals surface area contributed by atoms with Crippen LogP contribution in [0.15, 0.2) is 65.6 Å². The second kappa shape index (κ2) is 9.25. The van der Waals surface area contributed by atoms with E-state index in [2.05, 4.69) is 0 Å². The third kappa shape index (κ3) is 4.95. The highest BCUT2D eigenvalue weighted by Crippen LogP contribution is 2.42. The first-order valence-corrected chi connectivity index (χ1v) is 12.4. The number of ether oxygens (including phenoxy) is 1. The van der Waals surface area contributed by atoms with Crippen LogP contribution in [0.3, 0.4) is 0 Å². The first-order valence-electron chi connectivity index (χ1n) is 10.2. The summed E-state index contributed by atoms with van der Waals surface area (Å²) >= 11 is 12.5. The summed E-state index contributed by atoms with van der Waals surface area (Å²) in [5, 5.41) is 10.1. The smallest absolute Gasteiger partial charge is 0.303 e. The molecular formula is C24H21Cl2NO5S. The molecule has 0 spiro atoms. The number of benzene rings is 3. The van der Waals surface area contributed by atoms with E-state index in [4.69, 9.17) is 33.0 Å².